The van der Waals surface area contributed by atoms with E-state index >= 15 is 0 Å². The van der Waals surface area contributed by atoms with E-state index in [0.717, 1.165) is 77.2 Å². The number of phosphoric ester groups is 1. The fourth-order valence-electron chi connectivity index (χ4n) is 4.27. The van der Waals surface area contributed by atoms with Crippen LogP contribution in [-0.2, 0) is 32.9 Å². The van der Waals surface area contributed by atoms with Gasteiger partial charge in [0, 0.05) is 26.3 Å². The van der Waals surface area contributed by atoms with Crippen LogP contribution in [0.3, 0.4) is 0 Å². The number of hydrogen-bond donors (Lipinski definition) is 1. The molecule has 0 aliphatic carbocycles. The molecule has 0 saturated heterocycles. The summed E-state index contributed by atoms with van der Waals surface area (Å²) in [6, 6.07) is 0. The Morgan fingerprint density at radius 1 is 0.667 bits per heavy atom. The van der Waals surface area contributed by atoms with Gasteiger partial charge in [0.1, 0.15) is 6.61 Å². The predicted molar refractivity (Wildman–Crippen MR) is 151 cm³/mol. The van der Waals surface area contributed by atoms with E-state index in [2.05, 4.69) is 16.8 Å². The Bertz CT molecular complexity index is 711. The van der Waals surface area contributed by atoms with Gasteiger partial charge in [-0.2, -0.15) is 0 Å². The van der Waals surface area contributed by atoms with E-state index < -0.39 is 32.5 Å². The quantitative estimate of drug-likeness (QED) is 0.0505. The maximum Gasteiger partial charge on any atom is 1.00 e. The number of nitrogens with one attached hydrogen (secondary N) is 1. The first-order valence-electron chi connectivity index (χ1n) is 15.4. The van der Waals surface area contributed by atoms with Crippen LogP contribution in [0.2, 0.25) is 0 Å². The van der Waals surface area contributed by atoms with Crippen LogP contribution in [0.1, 0.15) is 142 Å². The first kappa shape index (κ1) is 46.9. The van der Waals surface area contributed by atoms with E-state index in [-0.39, 0.29) is 84.5 Å². The molecule has 0 fully saturated rings. The van der Waals surface area contributed by atoms with Crippen molar-refractivity contribution in [3.63, 3.8) is 0 Å². The van der Waals surface area contributed by atoms with Gasteiger partial charge in [-0.3, -0.25) is 14.4 Å². The maximum atomic E-state index is 12.2. The van der Waals surface area contributed by atoms with Gasteiger partial charge in [0.2, 0.25) is 5.91 Å². The van der Waals surface area contributed by atoms with Gasteiger partial charge >= 0.3 is 71.1 Å². The average Bonchev–Trinajstić information content (AvgIpc) is 2.89. The zero-order valence-electron chi connectivity index (χ0n) is 27.0. The summed E-state index contributed by atoms with van der Waals surface area (Å²) in [5, 5.41) is 2.79. The molecular weight excluding hydrogens is 583 g/mol. The molecule has 0 rings (SSSR count). The minimum Gasteiger partial charge on any atom is -0.790 e. The van der Waals surface area contributed by atoms with Gasteiger partial charge in [-0.25, -0.2) is 0 Å². The molecule has 13 heteroatoms. The number of carbonyl (C=O) groups is 3. The second-order valence-electron chi connectivity index (χ2n) is 10.5. The van der Waals surface area contributed by atoms with Crippen molar-refractivity contribution in [2.75, 3.05) is 19.8 Å². The van der Waals surface area contributed by atoms with Crippen molar-refractivity contribution in [2.45, 2.75) is 148 Å². The third kappa shape index (κ3) is 36.7. The van der Waals surface area contributed by atoms with Crippen molar-refractivity contribution in [3.05, 3.63) is 0 Å². The van der Waals surface area contributed by atoms with Crippen LogP contribution < -0.4 is 74.2 Å². The Morgan fingerprint density at radius 3 is 1.55 bits per heavy atom. The van der Waals surface area contributed by atoms with Crippen LogP contribution in [0.25, 0.3) is 0 Å². The minimum absolute atomic E-state index is 0. The molecule has 0 bridgehead atoms. The van der Waals surface area contributed by atoms with E-state index in [4.69, 9.17) is 9.47 Å². The van der Waals surface area contributed by atoms with Gasteiger partial charge in [-0.1, -0.05) is 103 Å². The summed E-state index contributed by atoms with van der Waals surface area (Å²) < 4.78 is 25.5. The number of amides is 1. The average molecular weight is 638 g/mol. The molecular formula is C29H54NNa2O9P. The van der Waals surface area contributed by atoms with Crippen LogP contribution >= 0.6 is 7.82 Å². The number of ether oxygens (including phenoxy) is 2. The van der Waals surface area contributed by atoms with Crippen molar-refractivity contribution in [1.29, 1.82) is 0 Å². The van der Waals surface area contributed by atoms with Crippen LogP contribution in [0, 0.1) is 0 Å². The molecule has 1 amide bonds. The van der Waals surface area contributed by atoms with Crippen LogP contribution in [-0.4, -0.2) is 43.7 Å². The first-order valence-corrected chi connectivity index (χ1v) is 16.9. The third-order valence-electron chi connectivity index (χ3n) is 6.56. The fourth-order valence-corrected chi connectivity index (χ4v) is 4.62. The number of rotatable bonds is 28. The molecule has 0 aromatic carbocycles. The van der Waals surface area contributed by atoms with Crippen LogP contribution in [0.4, 0.5) is 0 Å². The van der Waals surface area contributed by atoms with Gasteiger partial charge < -0.3 is 33.7 Å². The Kier molecular flexibility index (Phi) is 36.8. The van der Waals surface area contributed by atoms with Gasteiger partial charge in [-0.05, 0) is 19.3 Å². The molecule has 236 valence electrons. The van der Waals surface area contributed by atoms with Crippen molar-refractivity contribution in [2.24, 2.45) is 0 Å². The summed E-state index contributed by atoms with van der Waals surface area (Å²) in [7, 11) is -5.25. The van der Waals surface area contributed by atoms with Gasteiger partial charge in [0.15, 0.2) is 6.10 Å². The van der Waals surface area contributed by atoms with Crippen molar-refractivity contribution in [3.8, 4) is 0 Å². The van der Waals surface area contributed by atoms with Crippen LogP contribution in [0.15, 0.2) is 0 Å². The maximum absolute atomic E-state index is 12.2. The first-order chi connectivity index (χ1) is 19.1. The molecule has 0 unspecified atom stereocenters. The molecule has 0 radical (unpaired) electrons. The van der Waals surface area contributed by atoms with E-state index in [9.17, 15) is 28.7 Å². The Labute approximate surface area is 298 Å². The largest absolute Gasteiger partial charge is 1.00 e. The molecule has 0 saturated carbocycles. The molecule has 1 N–H and O–H groups in total. The van der Waals surface area contributed by atoms with Gasteiger partial charge in [-0.15, -0.1) is 0 Å². The molecule has 0 aromatic rings. The number of esters is 2. The molecule has 0 aliphatic rings. The zero-order valence-corrected chi connectivity index (χ0v) is 31.9. The monoisotopic (exact) mass is 637 g/mol. The summed E-state index contributed by atoms with van der Waals surface area (Å²) in [6.07, 6.45) is 18.4. The molecule has 1 atom stereocenters. The van der Waals surface area contributed by atoms with E-state index in [1.54, 1.807) is 0 Å². The second kappa shape index (κ2) is 32.9. The Morgan fingerprint density at radius 2 is 1.10 bits per heavy atom. The number of hydrogen-bond acceptors (Lipinski definition) is 9. The minimum atomic E-state index is -5.25. The smallest absolute Gasteiger partial charge is 0.790 e. The topological polar surface area (TPSA) is 154 Å². The normalized spacial score (nSPS) is 11.6. The van der Waals surface area contributed by atoms with Crippen LogP contribution in [0.5, 0.6) is 0 Å². The zero-order chi connectivity index (χ0) is 29.9. The standard InChI is InChI=1S/C29H56NO9P.2Na/c1-3-4-5-6-7-9-13-16-19-22-29(33)39-27(25-38-40(34,35)36)24-37-28(32)21-18-15-12-10-8-11-14-17-20-23-30-26(2)31;;/h27H,3-25H2,1-2H3,(H,30,31)(H2,34,35,36);;/q;2*+1/p-2/t27-;;/m0../s1. The number of unbranched alkanes of at least 4 members (excludes halogenated alkanes) is 16. The molecule has 0 aromatic heterocycles. The molecule has 0 aliphatic heterocycles. The number of phosphoric acid groups is 1. The van der Waals surface area contributed by atoms with E-state index in [1.165, 1.54) is 39.0 Å². The second-order valence-corrected chi connectivity index (χ2v) is 11.7. The Balaban J connectivity index is -0.00000760. The van der Waals surface area contributed by atoms with Gasteiger partial charge in [0.05, 0.1) is 14.4 Å². The summed E-state index contributed by atoms with van der Waals surface area (Å²) >= 11 is 0. The van der Waals surface area contributed by atoms with Crippen molar-refractivity contribution in [1.82, 2.24) is 5.32 Å². The summed E-state index contributed by atoms with van der Waals surface area (Å²) in [5.74, 6) is -0.991. The molecule has 0 spiro atoms. The predicted octanol–water partition coefficient (Wildman–Crippen LogP) is -0.747. The summed E-state index contributed by atoms with van der Waals surface area (Å²) in [6.45, 7) is 3.42. The summed E-state index contributed by atoms with van der Waals surface area (Å²) in [5.41, 5.74) is 0. The molecule has 0 heterocycles. The van der Waals surface area contributed by atoms with Crippen molar-refractivity contribution >= 4 is 25.7 Å². The van der Waals surface area contributed by atoms with Gasteiger partial charge in [0.25, 0.3) is 0 Å². The molecule has 10 nitrogen and oxygen atoms in total. The van der Waals surface area contributed by atoms with E-state index in [0.29, 0.717) is 12.8 Å². The van der Waals surface area contributed by atoms with E-state index in [1.807, 2.05) is 0 Å². The third-order valence-corrected chi connectivity index (χ3v) is 7.03. The summed E-state index contributed by atoms with van der Waals surface area (Å²) in [4.78, 5) is 56.8. The van der Waals surface area contributed by atoms with Crippen molar-refractivity contribution < 1.29 is 102 Å². The fraction of sp³-hybridized carbons (Fsp3) is 0.897. The number of carbonyl (C=O) groups excluding carboxylic acids is 3. The Hall–Kier alpha value is 0.520. The molecule has 42 heavy (non-hydrogen) atoms. The SMILES string of the molecule is CCCCCCCCCCCC(=O)O[C@@H](COC(=O)CCCCCCCCCCCNC(C)=O)COP(=O)([O-])[O-].[Na+].[Na+].